The lowest BCUT2D eigenvalue weighted by Crippen LogP contribution is -2.35. The number of hydrogen-bond acceptors (Lipinski definition) is 3. The molecule has 5 heteroatoms. The maximum absolute atomic E-state index is 12.0. The lowest BCUT2D eigenvalue weighted by atomic mass is 9.93. The van der Waals surface area contributed by atoms with Crippen molar-refractivity contribution >= 4 is 35.9 Å². The van der Waals surface area contributed by atoms with Gasteiger partial charge in [-0.15, -0.1) is 0 Å². The van der Waals surface area contributed by atoms with E-state index in [-0.39, 0.29) is 11.9 Å². The van der Waals surface area contributed by atoms with Gasteiger partial charge in [0.15, 0.2) is 0 Å². The van der Waals surface area contributed by atoms with Crippen molar-refractivity contribution in [3.05, 3.63) is 24.5 Å². The standard InChI is InChI=1S/C13H13BN2O2/c14-10-7-9(6-8-3-5-18-12(8)10)16-13(17)11-2-1-4-15-11/h3,5-7,11,15H,1-2,4H2,(H,16,17)/t11-/m0/s1. The van der Waals surface area contributed by atoms with Crippen LogP contribution in [0.3, 0.4) is 0 Å². The Kier molecular flexibility index (Phi) is 2.84. The molecule has 2 aromatic rings. The number of carbonyl (C=O) groups is 1. The number of carbonyl (C=O) groups excluding carboxylic acids is 1. The number of benzene rings is 1. The van der Waals surface area contributed by atoms with Crippen LogP contribution in [0, 0.1) is 0 Å². The Bertz CT molecular complexity index is 588. The fraction of sp³-hybridized carbons (Fsp3) is 0.308. The van der Waals surface area contributed by atoms with Crippen molar-refractivity contribution in [2.45, 2.75) is 18.9 Å². The van der Waals surface area contributed by atoms with E-state index in [1.54, 1.807) is 12.3 Å². The van der Waals surface area contributed by atoms with Crippen molar-refractivity contribution in [1.29, 1.82) is 0 Å². The number of furan rings is 1. The van der Waals surface area contributed by atoms with Gasteiger partial charge in [-0.1, -0.05) is 5.46 Å². The normalized spacial score (nSPS) is 19.2. The molecule has 4 nitrogen and oxygen atoms in total. The minimum Gasteiger partial charge on any atom is -0.465 e. The van der Waals surface area contributed by atoms with Gasteiger partial charge in [-0.3, -0.25) is 4.79 Å². The summed E-state index contributed by atoms with van der Waals surface area (Å²) in [5.41, 5.74) is 1.90. The van der Waals surface area contributed by atoms with Gasteiger partial charge < -0.3 is 15.1 Å². The lowest BCUT2D eigenvalue weighted by Gasteiger charge is -2.11. The van der Waals surface area contributed by atoms with Crippen LogP contribution in [0.2, 0.25) is 0 Å². The SMILES string of the molecule is [B]c1cc(NC(=O)[C@@H]2CCCN2)cc2ccoc12. The number of anilines is 1. The third-order valence-corrected chi connectivity index (χ3v) is 3.22. The summed E-state index contributed by atoms with van der Waals surface area (Å²) in [6.07, 6.45) is 3.52. The first-order valence-electron chi connectivity index (χ1n) is 6.05. The second-order valence-electron chi connectivity index (χ2n) is 4.54. The molecule has 1 amide bonds. The van der Waals surface area contributed by atoms with Crippen LogP contribution in [0.1, 0.15) is 12.8 Å². The average molecular weight is 240 g/mol. The number of rotatable bonds is 2. The molecule has 0 saturated carbocycles. The van der Waals surface area contributed by atoms with E-state index < -0.39 is 0 Å². The second kappa shape index (κ2) is 4.50. The quantitative estimate of drug-likeness (QED) is 0.767. The third-order valence-electron chi connectivity index (χ3n) is 3.22. The zero-order valence-electron chi connectivity index (χ0n) is 9.90. The highest BCUT2D eigenvalue weighted by Gasteiger charge is 2.22. The van der Waals surface area contributed by atoms with Crippen LogP contribution in [0.4, 0.5) is 5.69 Å². The molecule has 2 heterocycles. The molecule has 0 unspecified atom stereocenters. The maximum Gasteiger partial charge on any atom is 0.241 e. The molecule has 2 radical (unpaired) electrons. The summed E-state index contributed by atoms with van der Waals surface area (Å²) in [7, 11) is 5.87. The van der Waals surface area contributed by atoms with Gasteiger partial charge in [0.05, 0.1) is 12.3 Å². The molecule has 1 aromatic carbocycles. The van der Waals surface area contributed by atoms with Crippen LogP contribution < -0.4 is 16.1 Å². The average Bonchev–Trinajstić information content (AvgIpc) is 2.99. The van der Waals surface area contributed by atoms with Crippen molar-refractivity contribution in [3.8, 4) is 0 Å². The first kappa shape index (κ1) is 11.4. The van der Waals surface area contributed by atoms with Gasteiger partial charge in [0.2, 0.25) is 5.91 Å². The largest absolute Gasteiger partial charge is 0.465 e. The molecule has 3 rings (SSSR count). The Morgan fingerprint density at radius 2 is 2.39 bits per heavy atom. The molecule has 90 valence electrons. The molecule has 0 spiro atoms. The van der Waals surface area contributed by atoms with Crippen LogP contribution in [0.15, 0.2) is 28.9 Å². The van der Waals surface area contributed by atoms with E-state index in [0.29, 0.717) is 16.7 Å². The van der Waals surface area contributed by atoms with Gasteiger partial charge in [0.25, 0.3) is 0 Å². The number of fused-ring (bicyclic) bond motifs is 1. The summed E-state index contributed by atoms with van der Waals surface area (Å²) in [4.78, 5) is 12.0. The Hall–Kier alpha value is -1.75. The number of amides is 1. The third kappa shape index (κ3) is 2.02. The zero-order chi connectivity index (χ0) is 12.5. The monoisotopic (exact) mass is 240 g/mol. The van der Waals surface area contributed by atoms with E-state index in [9.17, 15) is 4.79 Å². The van der Waals surface area contributed by atoms with Gasteiger partial charge in [0, 0.05) is 11.1 Å². The fourth-order valence-electron chi connectivity index (χ4n) is 2.32. The molecule has 1 aromatic heterocycles. The lowest BCUT2D eigenvalue weighted by molar-refractivity contribution is -0.117. The Morgan fingerprint density at radius 1 is 1.50 bits per heavy atom. The molecular formula is C13H13BN2O2. The summed E-state index contributed by atoms with van der Waals surface area (Å²) in [6.45, 7) is 0.904. The molecule has 1 aliphatic heterocycles. The summed E-state index contributed by atoms with van der Waals surface area (Å²) in [5, 5.41) is 6.94. The molecule has 1 fully saturated rings. The topological polar surface area (TPSA) is 54.3 Å². The molecule has 1 saturated heterocycles. The minimum absolute atomic E-state index is 0.00487. The Balaban J connectivity index is 1.83. The predicted molar refractivity (Wildman–Crippen MR) is 71.3 cm³/mol. The molecule has 0 bridgehead atoms. The first-order chi connectivity index (χ1) is 8.74. The molecule has 0 aliphatic carbocycles. The van der Waals surface area contributed by atoms with E-state index in [1.165, 1.54) is 0 Å². The molecule has 1 atom stereocenters. The van der Waals surface area contributed by atoms with E-state index in [1.807, 2.05) is 12.1 Å². The molecule has 2 N–H and O–H groups in total. The summed E-state index contributed by atoms with van der Waals surface area (Å²) >= 11 is 0. The van der Waals surface area contributed by atoms with Crippen LogP contribution >= 0.6 is 0 Å². The smallest absolute Gasteiger partial charge is 0.241 e. The summed E-state index contributed by atoms with van der Waals surface area (Å²) in [5.74, 6) is -0.00487. The number of nitrogens with one attached hydrogen (secondary N) is 2. The van der Waals surface area contributed by atoms with Crippen LogP contribution in [0.25, 0.3) is 11.0 Å². The van der Waals surface area contributed by atoms with Gasteiger partial charge in [-0.2, -0.15) is 0 Å². The molecule has 1 aliphatic rings. The summed E-state index contributed by atoms with van der Waals surface area (Å²) < 4.78 is 5.26. The van der Waals surface area contributed by atoms with Crippen LogP contribution in [-0.4, -0.2) is 26.3 Å². The first-order valence-corrected chi connectivity index (χ1v) is 6.05. The van der Waals surface area contributed by atoms with E-state index in [4.69, 9.17) is 12.3 Å². The fourth-order valence-corrected chi connectivity index (χ4v) is 2.32. The number of hydrogen-bond donors (Lipinski definition) is 2. The Morgan fingerprint density at radius 3 is 3.17 bits per heavy atom. The minimum atomic E-state index is -0.0914. The van der Waals surface area contributed by atoms with Gasteiger partial charge in [-0.25, -0.2) is 0 Å². The highest BCUT2D eigenvalue weighted by Crippen LogP contribution is 2.18. The van der Waals surface area contributed by atoms with Crippen molar-refractivity contribution in [2.24, 2.45) is 0 Å². The van der Waals surface area contributed by atoms with Crippen molar-refractivity contribution < 1.29 is 9.21 Å². The molecule has 18 heavy (non-hydrogen) atoms. The van der Waals surface area contributed by atoms with Gasteiger partial charge >= 0.3 is 0 Å². The van der Waals surface area contributed by atoms with E-state index in [0.717, 1.165) is 24.8 Å². The highest BCUT2D eigenvalue weighted by atomic mass is 16.3. The van der Waals surface area contributed by atoms with E-state index >= 15 is 0 Å². The maximum atomic E-state index is 12.0. The van der Waals surface area contributed by atoms with Crippen molar-refractivity contribution in [1.82, 2.24) is 5.32 Å². The van der Waals surface area contributed by atoms with Crippen molar-refractivity contribution in [3.63, 3.8) is 0 Å². The predicted octanol–water partition coefficient (Wildman–Crippen LogP) is 0.917. The Labute approximate surface area is 106 Å². The summed E-state index contributed by atoms with van der Waals surface area (Å²) in [6, 6.07) is 5.32. The highest BCUT2D eigenvalue weighted by molar-refractivity contribution is 6.38. The van der Waals surface area contributed by atoms with Crippen LogP contribution in [0.5, 0.6) is 0 Å². The van der Waals surface area contributed by atoms with Crippen molar-refractivity contribution in [2.75, 3.05) is 11.9 Å². The van der Waals surface area contributed by atoms with Gasteiger partial charge in [0.1, 0.15) is 13.4 Å². The second-order valence-corrected chi connectivity index (χ2v) is 4.54. The van der Waals surface area contributed by atoms with E-state index in [2.05, 4.69) is 10.6 Å². The molecular weight excluding hydrogens is 227 g/mol. The van der Waals surface area contributed by atoms with Gasteiger partial charge in [-0.05, 0) is 37.6 Å². The van der Waals surface area contributed by atoms with Crippen LogP contribution in [-0.2, 0) is 4.79 Å². The zero-order valence-corrected chi connectivity index (χ0v) is 9.90.